The van der Waals surface area contributed by atoms with Gasteiger partial charge in [0.2, 0.25) is 0 Å². The predicted molar refractivity (Wildman–Crippen MR) is 44.9 cm³/mol. The van der Waals surface area contributed by atoms with Gasteiger partial charge in [-0.1, -0.05) is 47.8 Å². The summed E-state index contributed by atoms with van der Waals surface area (Å²) in [7, 11) is 0. The van der Waals surface area contributed by atoms with Crippen LogP contribution in [0.1, 0.15) is 6.42 Å². The minimum atomic E-state index is 0.631. The van der Waals surface area contributed by atoms with Crippen molar-refractivity contribution in [3.63, 3.8) is 0 Å². The van der Waals surface area contributed by atoms with E-state index in [4.69, 9.17) is 0 Å². The van der Waals surface area contributed by atoms with E-state index in [1.807, 2.05) is 0 Å². The SMILES string of the molecule is BrCCC(Br)CBr. The van der Waals surface area contributed by atoms with Crippen molar-refractivity contribution >= 4 is 47.8 Å². The lowest BCUT2D eigenvalue weighted by molar-refractivity contribution is 0.956. The molecular formula is C4H7Br3. The lowest BCUT2D eigenvalue weighted by Crippen LogP contribution is -1.97. The van der Waals surface area contributed by atoms with Crippen LogP contribution in [0.15, 0.2) is 0 Å². The normalized spacial score (nSPS) is 14.1. The molecule has 0 aromatic carbocycles. The first-order valence-electron chi connectivity index (χ1n) is 2.07. The fraction of sp³-hybridized carbons (Fsp3) is 1.00. The van der Waals surface area contributed by atoms with E-state index >= 15 is 0 Å². The van der Waals surface area contributed by atoms with Crippen molar-refractivity contribution in [2.75, 3.05) is 10.7 Å². The molecule has 0 saturated carbocycles. The first-order chi connectivity index (χ1) is 3.31. The Morgan fingerprint density at radius 1 is 1.29 bits per heavy atom. The molecule has 0 aromatic heterocycles. The quantitative estimate of drug-likeness (QED) is 0.702. The zero-order valence-electron chi connectivity index (χ0n) is 3.83. The summed E-state index contributed by atoms with van der Waals surface area (Å²) in [4.78, 5) is 0.631. The van der Waals surface area contributed by atoms with Crippen molar-refractivity contribution in [1.82, 2.24) is 0 Å². The highest BCUT2D eigenvalue weighted by atomic mass is 79.9. The molecule has 0 saturated heterocycles. The zero-order valence-corrected chi connectivity index (χ0v) is 8.59. The summed E-state index contributed by atoms with van der Waals surface area (Å²) < 4.78 is 0. The summed E-state index contributed by atoms with van der Waals surface area (Å²) in [5.41, 5.74) is 0. The Morgan fingerprint density at radius 2 is 1.86 bits per heavy atom. The van der Waals surface area contributed by atoms with Crippen LogP contribution >= 0.6 is 47.8 Å². The van der Waals surface area contributed by atoms with Crippen LogP contribution < -0.4 is 0 Å². The summed E-state index contributed by atoms with van der Waals surface area (Å²) in [5, 5.41) is 2.12. The number of hydrogen-bond donors (Lipinski definition) is 0. The molecule has 7 heavy (non-hydrogen) atoms. The fourth-order valence-electron chi connectivity index (χ4n) is 0.196. The molecule has 0 heterocycles. The highest BCUT2D eigenvalue weighted by Crippen LogP contribution is 2.08. The summed E-state index contributed by atoms with van der Waals surface area (Å²) in [5.74, 6) is 0. The van der Waals surface area contributed by atoms with Gasteiger partial charge >= 0.3 is 0 Å². The Labute approximate surface area is 69.4 Å². The van der Waals surface area contributed by atoms with Gasteiger partial charge in [-0.05, 0) is 6.42 Å². The maximum atomic E-state index is 3.46. The third kappa shape index (κ3) is 5.31. The van der Waals surface area contributed by atoms with Gasteiger partial charge in [-0.2, -0.15) is 0 Å². The minimum absolute atomic E-state index is 0.631. The van der Waals surface area contributed by atoms with Gasteiger partial charge in [0.1, 0.15) is 0 Å². The number of hydrogen-bond acceptors (Lipinski definition) is 0. The van der Waals surface area contributed by atoms with E-state index in [0.717, 1.165) is 10.7 Å². The average molecular weight is 295 g/mol. The summed E-state index contributed by atoms with van der Waals surface area (Å²) in [6.07, 6.45) is 1.19. The largest absolute Gasteiger partial charge is 0.0928 e. The van der Waals surface area contributed by atoms with Crippen LogP contribution in [0.2, 0.25) is 0 Å². The van der Waals surface area contributed by atoms with Crippen LogP contribution in [0.5, 0.6) is 0 Å². The van der Waals surface area contributed by atoms with E-state index in [1.165, 1.54) is 6.42 Å². The van der Waals surface area contributed by atoms with Crippen molar-refractivity contribution in [3.8, 4) is 0 Å². The topological polar surface area (TPSA) is 0 Å². The molecule has 1 unspecified atom stereocenters. The molecule has 3 heteroatoms. The molecule has 0 aliphatic carbocycles. The Bertz CT molecular complexity index is 37.9. The van der Waals surface area contributed by atoms with Crippen molar-refractivity contribution in [1.29, 1.82) is 0 Å². The fourth-order valence-corrected chi connectivity index (χ4v) is 1.92. The Kier molecular flexibility index (Phi) is 6.72. The maximum absolute atomic E-state index is 3.46. The maximum Gasteiger partial charge on any atom is 0.0250 e. The second-order valence-corrected chi connectivity index (χ2v) is 3.96. The van der Waals surface area contributed by atoms with E-state index < -0.39 is 0 Å². The standard InChI is InChI=1S/C4H7Br3/c5-2-1-4(7)3-6/h4H,1-3H2. The summed E-state index contributed by atoms with van der Waals surface area (Å²) in [6, 6.07) is 0. The van der Waals surface area contributed by atoms with Crippen LogP contribution in [0, 0.1) is 0 Å². The van der Waals surface area contributed by atoms with Crippen LogP contribution in [0.3, 0.4) is 0 Å². The molecule has 0 fully saturated rings. The van der Waals surface area contributed by atoms with Gasteiger partial charge in [0.05, 0.1) is 0 Å². The third-order valence-corrected chi connectivity index (χ3v) is 3.48. The third-order valence-electron chi connectivity index (χ3n) is 0.590. The molecule has 0 amide bonds. The first-order valence-corrected chi connectivity index (χ1v) is 5.23. The molecule has 44 valence electrons. The van der Waals surface area contributed by atoms with Crippen LogP contribution in [-0.2, 0) is 0 Å². The molecular weight excluding hydrogens is 288 g/mol. The first kappa shape index (κ1) is 8.44. The van der Waals surface area contributed by atoms with Gasteiger partial charge < -0.3 is 0 Å². The van der Waals surface area contributed by atoms with Gasteiger partial charge in [0.15, 0.2) is 0 Å². The lowest BCUT2D eigenvalue weighted by atomic mass is 10.4. The summed E-state index contributed by atoms with van der Waals surface area (Å²) >= 11 is 10.1. The number of halogens is 3. The highest BCUT2D eigenvalue weighted by Gasteiger charge is 1.96. The van der Waals surface area contributed by atoms with E-state index in [9.17, 15) is 0 Å². The highest BCUT2D eigenvalue weighted by molar-refractivity contribution is 9.12. The van der Waals surface area contributed by atoms with E-state index in [0.29, 0.717) is 4.83 Å². The van der Waals surface area contributed by atoms with E-state index in [-0.39, 0.29) is 0 Å². The van der Waals surface area contributed by atoms with Crippen molar-refractivity contribution in [3.05, 3.63) is 0 Å². The Hall–Kier alpha value is 1.44. The molecule has 0 radical (unpaired) electrons. The monoisotopic (exact) mass is 292 g/mol. The molecule has 0 N–H and O–H groups in total. The van der Waals surface area contributed by atoms with Crippen molar-refractivity contribution < 1.29 is 0 Å². The Balaban J connectivity index is 2.83. The second kappa shape index (κ2) is 5.57. The van der Waals surface area contributed by atoms with Crippen molar-refractivity contribution in [2.45, 2.75) is 11.2 Å². The van der Waals surface area contributed by atoms with Gasteiger partial charge in [-0.3, -0.25) is 0 Å². The van der Waals surface area contributed by atoms with Crippen LogP contribution in [0.25, 0.3) is 0 Å². The number of alkyl halides is 3. The van der Waals surface area contributed by atoms with E-state index in [1.54, 1.807) is 0 Å². The molecule has 0 rings (SSSR count). The predicted octanol–water partition coefficient (Wildman–Crippen LogP) is 2.93. The van der Waals surface area contributed by atoms with Crippen LogP contribution in [-0.4, -0.2) is 15.5 Å². The molecule has 0 aromatic rings. The van der Waals surface area contributed by atoms with Gasteiger partial charge in [-0.25, -0.2) is 0 Å². The molecule has 0 aliphatic heterocycles. The van der Waals surface area contributed by atoms with Gasteiger partial charge in [0.25, 0.3) is 0 Å². The smallest absolute Gasteiger partial charge is 0.0250 e. The van der Waals surface area contributed by atoms with Gasteiger partial charge in [0, 0.05) is 15.5 Å². The summed E-state index contributed by atoms with van der Waals surface area (Å²) in [6.45, 7) is 0. The molecule has 0 spiro atoms. The van der Waals surface area contributed by atoms with Crippen molar-refractivity contribution in [2.24, 2.45) is 0 Å². The van der Waals surface area contributed by atoms with E-state index in [2.05, 4.69) is 47.8 Å². The number of rotatable bonds is 3. The molecule has 0 bridgehead atoms. The van der Waals surface area contributed by atoms with Crippen LogP contribution in [0.4, 0.5) is 0 Å². The lowest BCUT2D eigenvalue weighted by Gasteiger charge is -1.98. The average Bonchev–Trinajstić information content (AvgIpc) is 1.68. The Morgan fingerprint density at radius 3 is 2.00 bits per heavy atom. The van der Waals surface area contributed by atoms with Gasteiger partial charge in [-0.15, -0.1) is 0 Å². The second-order valence-electron chi connectivity index (χ2n) is 1.23. The molecule has 1 atom stereocenters. The zero-order chi connectivity index (χ0) is 5.70. The molecule has 0 nitrogen and oxygen atoms in total. The molecule has 0 aliphatic rings. The minimum Gasteiger partial charge on any atom is -0.0928 e.